The number of para-hydroxylation sites is 1. The molecule has 6 nitrogen and oxygen atoms in total. The Kier molecular flexibility index (Phi) is 4.52. The quantitative estimate of drug-likeness (QED) is 0.542. The molecule has 0 radical (unpaired) electrons. The number of phenols is 1. The second-order valence-electron chi connectivity index (χ2n) is 5.82. The van der Waals surface area contributed by atoms with Crippen LogP contribution in [0.1, 0.15) is 16.1 Å². The van der Waals surface area contributed by atoms with E-state index in [-0.39, 0.29) is 17.9 Å². The molecule has 2 heterocycles. The minimum absolute atomic E-state index is 0.108. The number of furan rings is 1. The first-order valence-corrected chi connectivity index (χ1v) is 9.05. The van der Waals surface area contributed by atoms with Gasteiger partial charge in [-0.3, -0.25) is 4.79 Å². The molecular weight excluding hydrogens is 364 g/mol. The summed E-state index contributed by atoms with van der Waals surface area (Å²) in [5, 5.41) is 13.4. The lowest BCUT2D eigenvalue weighted by atomic mass is 10.1. The molecule has 4 rings (SSSR count). The van der Waals surface area contributed by atoms with Crippen molar-refractivity contribution in [2.24, 2.45) is 0 Å². The number of fused-ring (bicyclic) bond motifs is 1. The Morgan fingerprint density at radius 3 is 2.89 bits per heavy atom. The number of aromatic hydroxyl groups is 1. The second-order valence-corrected chi connectivity index (χ2v) is 6.85. The van der Waals surface area contributed by atoms with Gasteiger partial charge in [0.1, 0.15) is 17.3 Å². The summed E-state index contributed by atoms with van der Waals surface area (Å²) in [6.45, 7) is 0.195. The molecule has 0 aliphatic rings. The van der Waals surface area contributed by atoms with Crippen molar-refractivity contribution in [3.8, 4) is 22.3 Å². The van der Waals surface area contributed by atoms with Crippen molar-refractivity contribution in [3.63, 3.8) is 0 Å². The first kappa shape index (κ1) is 17.1. The van der Waals surface area contributed by atoms with Crippen LogP contribution in [0.15, 0.2) is 59.0 Å². The predicted octanol–water partition coefficient (Wildman–Crippen LogP) is 4.20. The number of hydrogen-bond acceptors (Lipinski definition) is 6. The molecule has 2 N–H and O–H groups in total. The lowest BCUT2D eigenvalue weighted by Crippen LogP contribution is -2.22. The fraction of sp³-hybridized carbons (Fsp3) is 0.100. The maximum atomic E-state index is 12.3. The highest BCUT2D eigenvalue weighted by molar-refractivity contribution is 7.21. The van der Waals surface area contributed by atoms with E-state index in [0.717, 1.165) is 15.2 Å². The molecule has 0 unspecified atom stereocenters. The zero-order valence-electron chi connectivity index (χ0n) is 14.4. The fourth-order valence-corrected chi connectivity index (χ4v) is 3.58. The van der Waals surface area contributed by atoms with Gasteiger partial charge >= 0.3 is 0 Å². The van der Waals surface area contributed by atoms with Crippen molar-refractivity contribution in [1.82, 2.24) is 10.3 Å². The van der Waals surface area contributed by atoms with E-state index in [1.807, 2.05) is 30.3 Å². The van der Waals surface area contributed by atoms with Crippen LogP contribution in [-0.2, 0) is 6.54 Å². The monoisotopic (exact) mass is 380 g/mol. The summed E-state index contributed by atoms with van der Waals surface area (Å²) in [4.78, 5) is 16.9. The molecule has 27 heavy (non-hydrogen) atoms. The van der Waals surface area contributed by atoms with Crippen molar-refractivity contribution < 1.29 is 19.1 Å². The number of hydrogen-bond donors (Lipinski definition) is 2. The van der Waals surface area contributed by atoms with Crippen LogP contribution in [0.4, 0.5) is 0 Å². The third kappa shape index (κ3) is 3.50. The topological polar surface area (TPSA) is 84.6 Å². The number of carbonyl (C=O) groups excluding carboxylic acids is 1. The maximum absolute atomic E-state index is 12.3. The predicted molar refractivity (Wildman–Crippen MR) is 103 cm³/mol. The van der Waals surface area contributed by atoms with E-state index < -0.39 is 5.91 Å². The Morgan fingerprint density at radius 1 is 1.22 bits per heavy atom. The van der Waals surface area contributed by atoms with Crippen molar-refractivity contribution in [2.45, 2.75) is 6.54 Å². The summed E-state index contributed by atoms with van der Waals surface area (Å²) < 4.78 is 12.0. The number of nitrogens with one attached hydrogen (secondary N) is 1. The van der Waals surface area contributed by atoms with E-state index in [4.69, 9.17) is 9.15 Å². The summed E-state index contributed by atoms with van der Waals surface area (Å²) in [6.07, 6.45) is 0. The number of thiazole rings is 1. The third-order valence-corrected chi connectivity index (χ3v) is 5.09. The normalized spacial score (nSPS) is 10.9. The van der Waals surface area contributed by atoms with Crippen molar-refractivity contribution in [3.05, 3.63) is 65.9 Å². The number of rotatable bonds is 5. The molecule has 0 aliphatic heterocycles. The number of aromatic nitrogens is 1. The van der Waals surface area contributed by atoms with Gasteiger partial charge in [0.15, 0.2) is 10.8 Å². The number of carbonyl (C=O) groups is 1. The Balaban J connectivity index is 1.47. The van der Waals surface area contributed by atoms with Crippen LogP contribution in [-0.4, -0.2) is 23.1 Å². The second kappa shape index (κ2) is 7.13. The van der Waals surface area contributed by atoms with Gasteiger partial charge in [-0.05, 0) is 42.5 Å². The van der Waals surface area contributed by atoms with Crippen LogP contribution in [0.3, 0.4) is 0 Å². The molecule has 0 saturated heterocycles. The molecule has 1 amide bonds. The van der Waals surface area contributed by atoms with Crippen molar-refractivity contribution in [1.29, 1.82) is 0 Å². The highest BCUT2D eigenvalue weighted by atomic mass is 32.1. The van der Waals surface area contributed by atoms with Gasteiger partial charge < -0.3 is 19.6 Å². The molecule has 0 fully saturated rings. The van der Waals surface area contributed by atoms with Crippen LogP contribution in [0.2, 0.25) is 0 Å². The van der Waals surface area contributed by atoms with Crippen LogP contribution in [0.5, 0.6) is 11.5 Å². The summed E-state index contributed by atoms with van der Waals surface area (Å²) >= 11 is 1.55. The van der Waals surface area contributed by atoms with Crippen LogP contribution in [0.25, 0.3) is 21.0 Å². The molecule has 0 atom stereocenters. The van der Waals surface area contributed by atoms with E-state index in [2.05, 4.69) is 10.3 Å². The Morgan fingerprint density at radius 2 is 2.07 bits per heavy atom. The average molecular weight is 380 g/mol. The number of methoxy groups -OCH3 is 1. The molecule has 136 valence electrons. The number of nitrogens with zero attached hydrogens (tertiary/aromatic N) is 1. The Bertz CT molecular complexity index is 1080. The van der Waals surface area contributed by atoms with E-state index in [0.29, 0.717) is 17.3 Å². The number of phenolic OH excluding ortho intramolecular Hbond substituents is 1. The molecular formula is C20H16N2O4S. The highest BCUT2D eigenvalue weighted by Crippen LogP contribution is 2.31. The molecule has 7 heteroatoms. The van der Waals surface area contributed by atoms with Gasteiger partial charge in [-0.2, -0.15) is 0 Å². The summed E-state index contributed by atoms with van der Waals surface area (Å²) in [5.74, 6) is 1.23. The third-order valence-electron chi connectivity index (χ3n) is 4.04. The van der Waals surface area contributed by atoms with E-state index in [9.17, 15) is 9.90 Å². The minimum atomic E-state index is -0.413. The first-order valence-electron chi connectivity index (χ1n) is 8.24. The zero-order chi connectivity index (χ0) is 18.8. The number of amides is 1. The van der Waals surface area contributed by atoms with E-state index in [1.54, 1.807) is 23.5 Å². The van der Waals surface area contributed by atoms with Gasteiger partial charge in [-0.25, -0.2) is 4.98 Å². The zero-order valence-corrected chi connectivity index (χ0v) is 15.2. The SMILES string of the molecule is COc1ccc(O)c(C(=O)NCc2ccc(-c3nc4ccccc4s3)o2)c1. The first-order chi connectivity index (χ1) is 13.1. The van der Waals surface area contributed by atoms with E-state index in [1.165, 1.54) is 19.2 Å². The fourth-order valence-electron chi connectivity index (χ4n) is 2.65. The number of ether oxygens (including phenoxy) is 1. The van der Waals surface area contributed by atoms with E-state index >= 15 is 0 Å². The summed E-state index contributed by atoms with van der Waals surface area (Å²) in [5.41, 5.74) is 1.07. The average Bonchev–Trinajstić information content (AvgIpc) is 3.33. The minimum Gasteiger partial charge on any atom is -0.507 e. The number of benzene rings is 2. The molecule has 2 aromatic carbocycles. The van der Waals surface area contributed by atoms with Gasteiger partial charge in [0, 0.05) is 0 Å². The summed E-state index contributed by atoms with van der Waals surface area (Å²) in [6, 6.07) is 16.0. The lowest BCUT2D eigenvalue weighted by molar-refractivity contribution is 0.0945. The molecule has 0 saturated carbocycles. The van der Waals surface area contributed by atoms with Gasteiger partial charge in [-0.1, -0.05) is 12.1 Å². The highest BCUT2D eigenvalue weighted by Gasteiger charge is 2.14. The van der Waals surface area contributed by atoms with Gasteiger partial charge in [-0.15, -0.1) is 11.3 Å². The summed E-state index contributed by atoms with van der Waals surface area (Å²) in [7, 11) is 1.50. The lowest BCUT2D eigenvalue weighted by Gasteiger charge is -2.07. The van der Waals surface area contributed by atoms with Crippen molar-refractivity contribution in [2.75, 3.05) is 7.11 Å². The van der Waals surface area contributed by atoms with Gasteiger partial charge in [0.25, 0.3) is 5.91 Å². The molecule has 4 aromatic rings. The molecule has 0 bridgehead atoms. The van der Waals surface area contributed by atoms with Crippen molar-refractivity contribution >= 4 is 27.5 Å². The standard InChI is InChI=1S/C20H16N2O4S/c1-25-12-6-8-16(23)14(10-12)19(24)21-11-13-7-9-17(26-13)20-22-15-4-2-3-5-18(15)27-20/h2-10,23H,11H2,1H3,(H,21,24). The molecule has 0 spiro atoms. The smallest absolute Gasteiger partial charge is 0.255 e. The largest absolute Gasteiger partial charge is 0.507 e. The van der Waals surface area contributed by atoms with Crippen LogP contribution >= 0.6 is 11.3 Å². The van der Waals surface area contributed by atoms with Gasteiger partial charge in [0.2, 0.25) is 0 Å². The molecule has 2 aromatic heterocycles. The van der Waals surface area contributed by atoms with Crippen LogP contribution in [0, 0.1) is 0 Å². The van der Waals surface area contributed by atoms with Crippen LogP contribution < -0.4 is 10.1 Å². The Hall–Kier alpha value is -3.32. The van der Waals surface area contributed by atoms with Gasteiger partial charge in [0.05, 0.1) is 29.4 Å². The maximum Gasteiger partial charge on any atom is 0.255 e. The molecule has 0 aliphatic carbocycles. The Labute approximate surface area is 159 Å².